The molecule has 1 aromatic carbocycles. The zero-order valence-corrected chi connectivity index (χ0v) is 14.9. The number of carbonyl (C=O) groups excluding carboxylic acids is 1. The largest absolute Gasteiger partial charge is 0.418 e. The summed E-state index contributed by atoms with van der Waals surface area (Å²) < 4.78 is 44.8. The van der Waals surface area contributed by atoms with Gasteiger partial charge in [-0.15, -0.1) is 0 Å². The number of anilines is 1. The van der Waals surface area contributed by atoms with Crippen LogP contribution in [-0.2, 0) is 15.7 Å². The van der Waals surface area contributed by atoms with E-state index in [-0.39, 0.29) is 28.5 Å². The molecule has 0 saturated carbocycles. The number of ether oxygens (including phenoxy) is 1. The van der Waals surface area contributed by atoms with Crippen molar-refractivity contribution < 1.29 is 22.7 Å². The number of nitriles is 1. The van der Waals surface area contributed by atoms with Gasteiger partial charge in [0.05, 0.1) is 23.5 Å². The molecule has 2 unspecified atom stereocenters. The van der Waals surface area contributed by atoms with Gasteiger partial charge in [-0.1, -0.05) is 11.6 Å². The predicted octanol–water partition coefficient (Wildman–Crippen LogP) is 3.81. The van der Waals surface area contributed by atoms with E-state index in [1.807, 2.05) is 0 Å². The highest BCUT2D eigenvalue weighted by Crippen LogP contribution is 2.36. The van der Waals surface area contributed by atoms with Gasteiger partial charge in [0.15, 0.2) is 0 Å². The number of morpholine rings is 1. The van der Waals surface area contributed by atoms with E-state index in [0.717, 1.165) is 18.3 Å². The highest BCUT2D eigenvalue weighted by atomic mass is 35.5. The van der Waals surface area contributed by atoms with Crippen LogP contribution in [-0.4, -0.2) is 36.1 Å². The summed E-state index contributed by atoms with van der Waals surface area (Å²) >= 11 is 5.62. The maximum atomic E-state index is 13.1. The lowest BCUT2D eigenvalue weighted by molar-refractivity contribution is -0.138. The Morgan fingerprint density at radius 1 is 1.38 bits per heavy atom. The number of amides is 1. The highest BCUT2D eigenvalue weighted by Gasteiger charge is 2.34. The summed E-state index contributed by atoms with van der Waals surface area (Å²) in [6.45, 7) is 4.20. The third-order valence-corrected chi connectivity index (χ3v) is 3.95. The first kappa shape index (κ1) is 20.1. The third kappa shape index (κ3) is 4.90. The molecule has 0 spiro atoms. The van der Waals surface area contributed by atoms with Gasteiger partial charge in [0, 0.05) is 24.3 Å². The van der Waals surface area contributed by atoms with E-state index in [4.69, 9.17) is 16.3 Å². The summed E-state index contributed by atoms with van der Waals surface area (Å²) in [6.07, 6.45) is -4.04. The second-order valence-corrected chi connectivity index (χ2v) is 6.41. The third-order valence-electron chi connectivity index (χ3n) is 3.72. The van der Waals surface area contributed by atoms with E-state index in [0.29, 0.717) is 13.1 Å². The van der Waals surface area contributed by atoms with E-state index >= 15 is 0 Å². The Morgan fingerprint density at radius 2 is 2.00 bits per heavy atom. The Kier molecular flexibility index (Phi) is 6.16. The Bertz CT molecular complexity index is 749. The topological polar surface area (TPSA) is 65.4 Å². The molecular weight excluding hydrogens is 371 g/mol. The second kappa shape index (κ2) is 7.98. The van der Waals surface area contributed by atoms with Crippen molar-refractivity contribution >= 4 is 23.2 Å². The van der Waals surface area contributed by atoms with Crippen LogP contribution in [0.2, 0.25) is 5.02 Å². The fourth-order valence-electron chi connectivity index (χ4n) is 2.68. The molecule has 1 aliphatic heterocycles. The number of nitrogens with one attached hydrogen (secondary N) is 1. The Hall–Kier alpha value is -2.24. The van der Waals surface area contributed by atoms with E-state index in [2.05, 4.69) is 5.32 Å². The van der Waals surface area contributed by atoms with E-state index < -0.39 is 17.6 Å². The van der Waals surface area contributed by atoms with Gasteiger partial charge in [-0.3, -0.25) is 4.79 Å². The van der Waals surface area contributed by atoms with Crippen LogP contribution >= 0.6 is 11.6 Å². The normalized spacial score (nSPS) is 21.3. The van der Waals surface area contributed by atoms with Crippen molar-refractivity contribution in [3.8, 4) is 6.07 Å². The maximum absolute atomic E-state index is 13.1. The number of halogens is 4. The van der Waals surface area contributed by atoms with Crippen molar-refractivity contribution in [1.29, 1.82) is 5.26 Å². The molecule has 1 saturated heterocycles. The van der Waals surface area contributed by atoms with Gasteiger partial charge in [0.1, 0.15) is 11.6 Å². The van der Waals surface area contributed by atoms with Crippen molar-refractivity contribution in [2.24, 2.45) is 0 Å². The number of benzene rings is 1. The average Bonchev–Trinajstić information content (AvgIpc) is 2.54. The summed E-state index contributed by atoms with van der Waals surface area (Å²) in [6, 6.07) is 4.93. The zero-order valence-electron chi connectivity index (χ0n) is 14.1. The number of hydrogen-bond acceptors (Lipinski definition) is 4. The number of carbonyl (C=O) groups is 1. The van der Waals surface area contributed by atoms with Gasteiger partial charge < -0.3 is 15.0 Å². The van der Waals surface area contributed by atoms with Crippen LogP contribution in [0.15, 0.2) is 30.0 Å². The number of alkyl halides is 3. The lowest BCUT2D eigenvalue weighted by Crippen LogP contribution is -2.48. The molecule has 1 heterocycles. The molecule has 1 fully saturated rings. The number of nitrogens with zero attached hydrogens (tertiary/aromatic N) is 2. The van der Waals surface area contributed by atoms with E-state index in [9.17, 15) is 23.2 Å². The molecular formula is C17H17ClF3N3O2. The smallest absolute Gasteiger partial charge is 0.372 e. The van der Waals surface area contributed by atoms with Crippen LogP contribution in [0, 0.1) is 11.3 Å². The lowest BCUT2D eigenvalue weighted by Gasteiger charge is -2.35. The minimum Gasteiger partial charge on any atom is -0.372 e. The molecule has 0 bridgehead atoms. The minimum absolute atomic E-state index is 0.0697. The molecule has 9 heteroatoms. The molecule has 1 aliphatic rings. The van der Waals surface area contributed by atoms with Crippen LogP contribution < -0.4 is 5.32 Å². The zero-order chi connectivity index (χ0) is 19.5. The van der Waals surface area contributed by atoms with Gasteiger partial charge in [0.25, 0.3) is 5.91 Å². The molecule has 26 heavy (non-hydrogen) atoms. The monoisotopic (exact) mass is 387 g/mol. The van der Waals surface area contributed by atoms with Crippen molar-refractivity contribution in [2.75, 3.05) is 18.4 Å². The van der Waals surface area contributed by atoms with Crippen molar-refractivity contribution in [1.82, 2.24) is 4.90 Å². The Labute approximate surface area is 154 Å². The summed E-state index contributed by atoms with van der Waals surface area (Å²) in [7, 11) is 0. The van der Waals surface area contributed by atoms with Crippen molar-refractivity contribution in [3.63, 3.8) is 0 Å². The number of hydrogen-bond donors (Lipinski definition) is 1. The van der Waals surface area contributed by atoms with E-state index in [1.165, 1.54) is 11.0 Å². The van der Waals surface area contributed by atoms with Crippen LogP contribution in [0.3, 0.4) is 0 Å². The predicted molar refractivity (Wildman–Crippen MR) is 90.4 cm³/mol. The lowest BCUT2D eigenvalue weighted by atomic mass is 10.1. The molecule has 0 aliphatic carbocycles. The molecule has 0 aromatic heterocycles. The summed E-state index contributed by atoms with van der Waals surface area (Å²) in [5.74, 6) is -0.565. The molecule has 140 valence electrons. The first-order valence-corrected chi connectivity index (χ1v) is 8.18. The van der Waals surface area contributed by atoms with Crippen molar-refractivity contribution in [3.05, 3.63) is 40.6 Å². The molecule has 1 aromatic rings. The molecule has 1 N–H and O–H groups in total. The average molecular weight is 388 g/mol. The van der Waals surface area contributed by atoms with Gasteiger partial charge >= 0.3 is 6.18 Å². The van der Waals surface area contributed by atoms with Crippen LogP contribution in [0.1, 0.15) is 19.4 Å². The Balaban J connectivity index is 2.23. The van der Waals surface area contributed by atoms with Crippen LogP contribution in [0.5, 0.6) is 0 Å². The standard InChI is InChI=1S/C17H17ClF3N3O2/c1-10-8-24(9-11(2)26-10)16(25)12(6-22)7-23-15-4-3-13(18)5-14(15)17(19,20)21/h3-5,7,10-11,23H,8-9H2,1-2H3/b12-7-. The highest BCUT2D eigenvalue weighted by molar-refractivity contribution is 6.30. The molecule has 0 radical (unpaired) electrons. The molecule has 1 amide bonds. The molecule has 2 atom stereocenters. The van der Waals surface area contributed by atoms with Crippen LogP contribution in [0.25, 0.3) is 0 Å². The Morgan fingerprint density at radius 3 is 2.54 bits per heavy atom. The fourth-order valence-corrected chi connectivity index (χ4v) is 2.85. The van der Waals surface area contributed by atoms with Gasteiger partial charge in [-0.2, -0.15) is 18.4 Å². The molecule has 2 rings (SSSR count). The summed E-state index contributed by atoms with van der Waals surface area (Å²) in [5.41, 5.74) is -1.58. The first-order chi connectivity index (χ1) is 12.1. The van der Waals surface area contributed by atoms with Crippen LogP contribution in [0.4, 0.5) is 18.9 Å². The maximum Gasteiger partial charge on any atom is 0.418 e. The SMILES string of the molecule is CC1CN(C(=O)/C(C#N)=C\Nc2ccc(Cl)cc2C(F)(F)F)CC(C)O1. The summed E-state index contributed by atoms with van der Waals surface area (Å²) in [5, 5.41) is 11.6. The van der Waals surface area contributed by atoms with Gasteiger partial charge in [-0.25, -0.2) is 0 Å². The minimum atomic E-state index is -4.63. The van der Waals surface area contributed by atoms with Gasteiger partial charge in [0.2, 0.25) is 0 Å². The quantitative estimate of drug-likeness (QED) is 0.632. The fraction of sp³-hybridized carbons (Fsp3) is 0.412. The second-order valence-electron chi connectivity index (χ2n) is 5.97. The van der Waals surface area contributed by atoms with E-state index in [1.54, 1.807) is 19.9 Å². The summed E-state index contributed by atoms with van der Waals surface area (Å²) in [4.78, 5) is 13.9. The van der Waals surface area contributed by atoms with Gasteiger partial charge in [-0.05, 0) is 32.0 Å². The van der Waals surface area contributed by atoms with Crippen molar-refractivity contribution in [2.45, 2.75) is 32.2 Å². The number of rotatable bonds is 3. The first-order valence-electron chi connectivity index (χ1n) is 7.80. The molecule has 5 nitrogen and oxygen atoms in total.